The molecule has 92 heavy (non-hydrogen) atoms. The number of carboxylic acid groups (broad SMARTS) is 5. The van der Waals surface area contributed by atoms with Crippen LogP contribution in [0.4, 0.5) is 0 Å². The fourth-order valence-electron chi connectivity index (χ4n) is 8.13. The molecule has 39 heteroatoms. The number of nitrogens with zero attached hydrogens (tertiary/aromatic N) is 3. The van der Waals surface area contributed by atoms with E-state index in [-0.39, 0.29) is 37.1 Å². The van der Waals surface area contributed by atoms with Gasteiger partial charge in [-0.15, -0.1) is 0 Å². The van der Waals surface area contributed by atoms with Crippen molar-refractivity contribution < 1.29 is 102 Å². The van der Waals surface area contributed by atoms with Crippen molar-refractivity contribution in [2.75, 3.05) is 0 Å². The molecule has 0 aliphatic heterocycles. The molecule has 0 unspecified atom stereocenters. The Morgan fingerprint density at radius 1 is 0.337 bits per heavy atom. The minimum atomic E-state index is -1.76. The van der Waals surface area contributed by atoms with Gasteiger partial charge in [-0.05, 0) is 60.3 Å². The maximum Gasteiger partial charge on any atom is 0.325 e. The number of hydrogen-bond acceptors (Lipinski definition) is 20. The van der Waals surface area contributed by atoms with Crippen LogP contribution >= 0.6 is 0 Å². The second kappa shape index (κ2) is 37.2. The van der Waals surface area contributed by atoms with Gasteiger partial charge in [0.25, 0.3) is 0 Å². The van der Waals surface area contributed by atoms with Gasteiger partial charge in [-0.25, -0.2) is 15.0 Å². The van der Waals surface area contributed by atoms with E-state index >= 15 is 0 Å². The van der Waals surface area contributed by atoms with E-state index in [9.17, 15) is 97.1 Å². The molecule has 0 aliphatic rings. The predicted octanol–water partition coefficient (Wildman–Crippen LogP) is -6.81. The van der Waals surface area contributed by atoms with E-state index < -0.39 is 212 Å². The zero-order valence-electron chi connectivity index (χ0n) is 50.4. The number of nitrogens with one attached hydrogen (secondary N) is 14. The molecule has 11 amide bonds. The minimum Gasteiger partial charge on any atom is -0.481 e. The molecule has 21 N–H and O–H groups in total. The first-order chi connectivity index (χ1) is 43.2. The molecule has 0 bridgehead atoms. The van der Waals surface area contributed by atoms with Crippen LogP contribution in [0.25, 0.3) is 0 Å². The number of amides is 11. The van der Waals surface area contributed by atoms with E-state index in [1.807, 2.05) is 0 Å². The zero-order chi connectivity index (χ0) is 68.9. The average Bonchev–Trinajstić information content (AvgIpc) is 1.28. The molecular formula is C53H76N18O21. The number of carbonyl (C=O) groups is 16. The molecule has 0 fully saturated rings. The van der Waals surface area contributed by atoms with E-state index in [0.29, 0.717) is 5.69 Å². The molecule has 3 aromatic rings. The monoisotopic (exact) mass is 1300 g/mol. The maximum absolute atomic E-state index is 14.1. The van der Waals surface area contributed by atoms with E-state index in [1.165, 1.54) is 58.3 Å². The number of hydrogen-bond donors (Lipinski definition) is 20. The molecule has 12 atom stereocenters. The number of aromatic nitrogens is 6. The third-order valence-electron chi connectivity index (χ3n) is 13.4. The molecule has 504 valence electrons. The first-order valence-electron chi connectivity index (χ1n) is 28.4. The third kappa shape index (κ3) is 26.8. The summed E-state index contributed by atoms with van der Waals surface area (Å²) in [6.45, 7) is 5.86. The molecule has 0 saturated heterocycles. The van der Waals surface area contributed by atoms with Crippen LogP contribution < -0.4 is 64.2 Å². The van der Waals surface area contributed by atoms with Gasteiger partial charge in [0.05, 0.1) is 25.0 Å². The highest BCUT2D eigenvalue weighted by Gasteiger charge is 2.36. The third-order valence-corrected chi connectivity index (χ3v) is 13.4. The van der Waals surface area contributed by atoms with Crippen molar-refractivity contribution in [2.45, 2.75) is 178 Å². The minimum absolute atomic E-state index is 0.238. The van der Waals surface area contributed by atoms with Crippen molar-refractivity contribution in [3.8, 4) is 0 Å². The van der Waals surface area contributed by atoms with Crippen molar-refractivity contribution in [3.05, 3.63) is 54.7 Å². The molecule has 3 heterocycles. The first kappa shape index (κ1) is 75.4. The van der Waals surface area contributed by atoms with E-state index in [1.54, 1.807) is 0 Å². The SMILES string of the molecule is C[C@H](NC(=O)[C@H](Cc1cnc[nH]1)NC(=O)[C@H](CCC(=O)O)NC(=O)[C@H](C)NC(=O)[C@H](CCC(=O)O)NC(=O)[C@H](Cc1cnc[nH]1)NC(=O)[C@H](C)NC(=O)[C@H](C)NC(=O)[C@H](Cc1cnc[nH]1)NC(=O)[C@H](CCC(=O)O)NC(=O)[C@H](C)NC(=O)[C@@H](N)CCC(=O)O)C(=O)O. The Balaban J connectivity index is 1.77. The van der Waals surface area contributed by atoms with Gasteiger partial charge < -0.3 is 105 Å². The lowest BCUT2D eigenvalue weighted by atomic mass is 10.1. The van der Waals surface area contributed by atoms with Crippen molar-refractivity contribution in [1.82, 2.24) is 88.4 Å². The number of imidazole rings is 3. The van der Waals surface area contributed by atoms with Crippen LogP contribution in [-0.2, 0) is 96.0 Å². The smallest absolute Gasteiger partial charge is 0.325 e. The Kier molecular flexibility index (Phi) is 30.5. The summed E-state index contributed by atoms with van der Waals surface area (Å²) < 4.78 is 0. The lowest BCUT2D eigenvalue weighted by Gasteiger charge is -2.26. The largest absolute Gasteiger partial charge is 0.481 e. The number of aromatic amines is 3. The van der Waals surface area contributed by atoms with Crippen molar-refractivity contribution >= 4 is 94.8 Å². The van der Waals surface area contributed by atoms with Gasteiger partial charge in [-0.3, -0.25) is 76.7 Å². The van der Waals surface area contributed by atoms with Gasteiger partial charge in [0.15, 0.2) is 0 Å². The van der Waals surface area contributed by atoms with Crippen molar-refractivity contribution in [1.29, 1.82) is 0 Å². The van der Waals surface area contributed by atoms with Gasteiger partial charge in [-0.1, -0.05) is 0 Å². The highest BCUT2D eigenvalue weighted by molar-refractivity contribution is 5.99. The summed E-state index contributed by atoms with van der Waals surface area (Å²) in [6, 6.07) is -18.6. The Morgan fingerprint density at radius 3 is 0.870 bits per heavy atom. The molecule has 39 nitrogen and oxygen atoms in total. The molecular weight excluding hydrogens is 1220 g/mol. The van der Waals surface area contributed by atoms with Gasteiger partial charge in [0.1, 0.15) is 66.5 Å². The van der Waals surface area contributed by atoms with Crippen LogP contribution in [0.15, 0.2) is 37.6 Å². The van der Waals surface area contributed by atoms with Crippen molar-refractivity contribution in [2.24, 2.45) is 5.73 Å². The molecule has 3 rings (SSSR count). The summed E-state index contributed by atoms with van der Waals surface area (Å²) in [5.74, 6) is -18.4. The number of aliphatic carboxylic acids is 5. The molecule has 3 aromatic heterocycles. The molecule has 0 saturated carbocycles. The number of rotatable bonds is 41. The molecule has 0 spiro atoms. The lowest BCUT2D eigenvalue weighted by molar-refractivity contribution is -0.142. The Bertz CT molecular complexity index is 3090. The van der Waals surface area contributed by atoms with Gasteiger partial charge in [-0.2, -0.15) is 0 Å². The second-order valence-electron chi connectivity index (χ2n) is 21.0. The molecule has 0 aliphatic carbocycles. The van der Waals surface area contributed by atoms with Crippen LogP contribution in [0, 0.1) is 0 Å². The number of carbonyl (C=O) groups excluding carboxylic acids is 11. The van der Waals surface area contributed by atoms with Crippen molar-refractivity contribution in [3.63, 3.8) is 0 Å². The summed E-state index contributed by atoms with van der Waals surface area (Å²) in [5.41, 5.74) is 6.54. The van der Waals surface area contributed by atoms with Crippen LogP contribution in [-0.4, -0.2) is 223 Å². The Labute approximate surface area is 522 Å². The Hall–Kier alpha value is -10.9. The number of carboxylic acids is 5. The highest BCUT2D eigenvalue weighted by atomic mass is 16.4. The summed E-state index contributed by atoms with van der Waals surface area (Å²) in [7, 11) is 0. The molecule has 0 aromatic carbocycles. The van der Waals surface area contributed by atoms with Crippen LogP contribution in [0.1, 0.15) is 103 Å². The summed E-state index contributed by atoms with van der Waals surface area (Å²) in [6.07, 6.45) is 2.10. The van der Waals surface area contributed by atoms with E-state index in [4.69, 9.17) is 10.8 Å². The van der Waals surface area contributed by atoms with Crippen LogP contribution in [0.5, 0.6) is 0 Å². The van der Waals surface area contributed by atoms with Gasteiger partial charge >= 0.3 is 29.8 Å². The maximum atomic E-state index is 14.1. The van der Waals surface area contributed by atoms with E-state index in [2.05, 4.69) is 88.4 Å². The average molecular weight is 1300 g/mol. The number of nitrogens with two attached hydrogens (primary N) is 1. The van der Waals surface area contributed by atoms with Crippen LogP contribution in [0.2, 0.25) is 0 Å². The summed E-state index contributed by atoms with van der Waals surface area (Å²) >= 11 is 0. The quantitative estimate of drug-likeness (QED) is 0.0251. The highest BCUT2D eigenvalue weighted by Crippen LogP contribution is 2.10. The zero-order valence-corrected chi connectivity index (χ0v) is 50.4. The summed E-state index contributed by atoms with van der Waals surface area (Å²) in [4.78, 5) is 226. The topological polar surface area (TPSA) is 619 Å². The lowest BCUT2D eigenvalue weighted by Crippen LogP contribution is -2.60. The standard InChI is InChI=1S/C53H76N18O21/c1-23(64-50(88)35(14-28-17-55-20-58-28)70-48(86)33(8-12-40(76)77)66-43(81)25(3)62-46(84)31(54)6-10-38(72)73)42(80)61-24(2)45(83)69-37(16-30-19-57-22-60-30)52(90)68-32(7-11-39(74)75)47(85)63-26(4)44(82)67-34(9-13-41(78)79)49(87)71-36(15-29-18-56-21-59-29)51(89)65-27(5)53(91)92/h17-27,31-37H,6-16,54H2,1-5H3,(H,55,58)(H,56,59)(H,57,60)(H,61,80)(H,62,84)(H,63,85)(H,64,88)(H,65,89)(H,66,81)(H,67,82)(H,68,90)(H,69,83)(H,70,86)(H,71,87)(H,72,73)(H,74,75)(H,76,77)(H,78,79)(H,91,92)/t23-,24-,25-,26-,27-,31-,32-,33-,34-,35-,36-,37-/m0/s1. The Morgan fingerprint density at radius 2 is 0.565 bits per heavy atom. The van der Waals surface area contributed by atoms with Gasteiger partial charge in [0.2, 0.25) is 65.0 Å². The fraction of sp³-hybridized carbons (Fsp3) is 0.528. The number of H-pyrrole nitrogens is 3. The fourth-order valence-corrected chi connectivity index (χ4v) is 8.13. The first-order valence-corrected chi connectivity index (χ1v) is 28.4. The van der Waals surface area contributed by atoms with Crippen LogP contribution in [0.3, 0.4) is 0 Å². The summed E-state index contributed by atoms with van der Waals surface area (Å²) in [5, 5.41) is 72.3. The van der Waals surface area contributed by atoms with E-state index in [0.717, 1.165) is 13.8 Å². The van der Waals surface area contributed by atoms with Gasteiger partial charge in [0, 0.05) is 80.6 Å². The predicted molar refractivity (Wildman–Crippen MR) is 310 cm³/mol. The molecule has 0 radical (unpaired) electrons. The second-order valence-corrected chi connectivity index (χ2v) is 21.0. The normalized spacial score (nSPS) is 14.8.